The zero-order valence-corrected chi connectivity index (χ0v) is 53.8. The number of alkyl halides is 3. The highest BCUT2D eigenvalue weighted by Crippen LogP contribution is 2.29. The average molecular weight is 1300 g/mol. The van der Waals surface area contributed by atoms with Crippen LogP contribution in [-0.2, 0) is 50.6 Å². The molecule has 0 saturated carbocycles. The molecule has 0 aliphatic carbocycles. The molecular formula is C63H82F5N11O9S2. The summed E-state index contributed by atoms with van der Waals surface area (Å²) in [6.07, 6.45) is -5.16. The zero-order valence-electron chi connectivity index (χ0n) is 52.2. The van der Waals surface area contributed by atoms with E-state index in [1.807, 2.05) is 36.4 Å². The second-order valence-electron chi connectivity index (χ2n) is 25.9. The molecule has 90 heavy (non-hydrogen) atoms. The van der Waals surface area contributed by atoms with E-state index >= 15 is 8.78 Å². The first-order chi connectivity index (χ1) is 42.2. The van der Waals surface area contributed by atoms with Crippen LogP contribution < -0.4 is 15.1 Å². The number of nitrogens with one attached hydrogen (secondary N) is 1. The molecule has 20 nitrogen and oxygen atoms in total. The Labute approximate surface area is 524 Å². The molecule has 0 spiro atoms. The van der Waals surface area contributed by atoms with Gasteiger partial charge in [-0.25, -0.2) is 35.2 Å². The fourth-order valence-corrected chi connectivity index (χ4v) is 13.5. The molecular weight excluding hydrogens is 1210 g/mol. The highest BCUT2D eigenvalue weighted by molar-refractivity contribution is 7.91. The SMILES string of the molecule is CC(C)(C)CN1CCN(Cc2ccc(N(Cc3ccc(C(=O)CNC(=O)C(F)(F)F)cc3F)C(=O)N3CCS(=O)(=O)CC3)cc2)CC1.Cc1nnc(-c2ccc(CN(C(=O)N3CCS(=O)(=O)CC3)c3ccc(CN4CCN(CC(C)(C)C)CC4)cc3)c(F)c2)o1. The van der Waals surface area contributed by atoms with E-state index in [-0.39, 0.29) is 96.2 Å². The van der Waals surface area contributed by atoms with Gasteiger partial charge in [-0.2, -0.15) is 13.2 Å². The Morgan fingerprint density at radius 3 is 1.31 bits per heavy atom. The predicted molar refractivity (Wildman–Crippen MR) is 333 cm³/mol. The van der Waals surface area contributed by atoms with E-state index < -0.39 is 61.8 Å². The molecule has 27 heteroatoms. The number of carbonyl (C=O) groups excluding carboxylic acids is 4. The number of piperazine rings is 2. The lowest BCUT2D eigenvalue weighted by Crippen LogP contribution is -2.49. The highest BCUT2D eigenvalue weighted by Gasteiger charge is 2.39. The number of hydrogen-bond donors (Lipinski definition) is 1. The third kappa shape index (κ3) is 20.0. The second kappa shape index (κ2) is 29.1. The number of hydrogen-bond acceptors (Lipinski definition) is 15. The van der Waals surface area contributed by atoms with E-state index in [2.05, 4.69) is 71.3 Å². The number of amides is 5. The first-order valence-corrected chi connectivity index (χ1v) is 33.8. The predicted octanol–water partition coefficient (Wildman–Crippen LogP) is 7.91. The summed E-state index contributed by atoms with van der Waals surface area (Å²) in [5, 5.41) is 9.22. The van der Waals surface area contributed by atoms with E-state index in [1.54, 1.807) is 31.2 Å². The Balaban J connectivity index is 0.000000233. The molecule has 5 amide bonds. The summed E-state index contributed by atoms with van der Waals surface area (Å²) in [6.45, 7) is 25.6. The topological polar surface area (TPSA) is 213 Å². The molecule has 490 valence electrons. The van der Waals surface area contributed by atoms with E-state index in [9.17, 15) is 49.2 Å². The van der Waals surface area contributed by atoms with Gasteiger partial charge in [0, 0.05) is 145 Å². The van der Waals surface area contributed by atoms with Gasteiger partial charge in [-0.1, -0.05) is 84.0 Å². The van der Waals surface area contributed by atoms with E-state index in [1.165, 1.54) is 43.1 Å². The summed E-state index contributed by atoms with van der Waals surface area (Å²) in [4.78, 5) is 66.3. The fraction of sp³-hybridized carbons (Fsp3) is 0.524. The van der Waals surface area contributed by atoms with Gasteiger partial charge in [0.1, 0.15) is 11.6 Å². The van der Waals surface area contributed by atoms with Gasteiger partial charge in [-0.15, -0.1) is 10.2 Å². The molecule has 4 saturated heterocycles. The van der Waals surface area contributed by atoms with Crippen molar-refractivity contribution in [3.05, 3.63) is 130 Å². The van der Waals surface area contributed by atoms with Crippen LogP contribution in [0.25, 0.3) is 11.5 Å². The van der Waals surface area contributed by atoms with Crippen molar-refractivity contribution in [2.75, 3.05) is 131 Å². The number of aryl methyl sites for hydroxylation is 1. The number of carbonyl (C=O) groups is 4. The molecule has 4 aliphatic rings. The van der Waals surface area contributed by atoms with Gasteiger partial charge in [0.25, 0.3) is 0 Å². The van der Waals surface area contributed by atoms with E-state index in [0.717, 1.165) is 95.7 Å². The quantitative estimate of drug-likeness (QED) is 0.0734. The summed E-state index contributed by atoms with van der Waals surface area (Å²) >= 11 is 0. The third-order valence-electron chi connectivity index (χ3n) is 15.9. The maximum atomic E-state index is 15.3. The van der Waals surface area contributed by atoms with E-state index in [4.69, 9.17) is 4.42 Å². The van der Waals surface area contributed by atoms with Gasteiger partial charge in [0.2, 0.25) is 11.8 Å². The molecule has 4 aliphatic heterocycles. The van der Waals surface area contributed by atoms with Crippen LogP contribution in [0.5, 0.6) is 0 Å². The Hall–Kier alpha value is -6.91. The lowest BCUT2D eigenvalue weighted by molar-refractivity contribution is -0.173. The molecule has 0 radical (unpaired) electrons. The van der Waals surface area contributed by atoms with Crippen molar-refractivity contribution in [2.24, 2.45) is 10.8 Å². The molecule has 5 aromatic rings. The number of Topliss-reactive ketones (excluding diaryl/α,β-unsaturated/α-hetero) is 1. The van der Waals surface area contributed by atoms with Crippen molar-refractivity contribution in [1.29, 1.82) is 0 Å². The minimum Gasteiger partial charge on any atom is -0.421 e. The monoisotopic (exact) mass is 1300 g/mol. The lowest BCUT2D eigenvalue weighted by Gasteiger charge is -2.38. The van der Waals surface area contributed by atoms with Crippen LogP contribution in [0.15, 0.2) is 89.3 Å². The van der Waals surface area contributed by atoms with Crippen molar-refractivity contribution in [2.45, 2.75) is 80.8 Å². The summed E-state index contributed by atoms with van der Waals surface area (Å²) < 4.78 is 121. The van der Waals surface area contributed by atoms with Gasteiger partial charge >= 0.3 is 24.1 Å². The Morgan fingerprint density at radius 2 is 0.944 bits per heavy atom. The second-order valence-corrected chi connectivity index (χ2v) is 30.5. The average Bonchev–Trinajstić information content (AvgIpc) is 1.14. The lowest BCUT2D eigenvalue weighted by atomic mass is 9.96. The third-order valence-corrected chi connectivity index (χ3v) is 19.1. The minimum absolute atomic E-state index is 0.0174. The highest BCUT2D eigenvalue weighted by atomic mass is 32.2. The number of urea groups is 2. The van der Waals surface area contributed by atoms with Crippen molar-refractivity contribution in [3.63, 3.8) is 0 Å². The van der Waals surface area contributed by atoms with Gasteiger partial charge < -0.3 is 29.3 Å². The van der Waals surface area contributed by atoms with Crippen LogP contribution in [0, 0.1) is 29.4 Å². The van der Waals surface area contributed by atoms with E-state index in [0.29, 0.717) is 28.4 Å². The van der Waals surface area contributed by atoms with Crippen molar-refractivity contribution < 1.29 is 62.4 Å². The molecule has 0 atom stereocenters. The summed E-state index contributed by atoms with van der Waals surface area (Å²) in [6, 6.07) is 22.1. The zero-order chi connectivity index (χ0) is 65.3. The molecule has 0 unspecified atom stereocenters. The minimum atomic E-state index is -5.16. The van der Waals surface area contributed by atoms with Gasteiger partial charge in [-0.3, -0.25) is 29.2 Å². The van der Waals surface area contributed by atoms with Gasteiger partial charge in [0.15, 0.2) is 25.5 Å². The molecule has 4 aromatic carbocycles. The molecule has 0 bridgehead atoms. The van der Waals surface area contributed by atoms with Crippen molar-refractivity contribution >= 4 is 54.8 Å². The number of sulfone groups is 2. The largest absolute Gasteiger partial charge is 0.471 e. The van der Waals surface area contributed by atoms with Crippen LogP contribution in [0.3, 0.4) is 0 Å². The Bertz CT molecular complexity index is 3520. The molecule has 9 rings (SSSR count). The maximum absolute atomic E-state index is 15.3. The van der Waals surface area contributed by atoms with Gasteiger partial charge in [-0.05, 0) is 64.4 Å². The Kier molecular flexibility index (Phi) is 22.3. The standard InChI is InChI=1S/C32H41F4N5O5S.C31H41FN6O4S/c1-31(2,3)22-39-12-10-38(11-13-39)20-23-4-8-26(9-5-23)41(30(44)40-14-16-47(45,46)17-15-40)21-25-7-6-24(18-27(25)33)28(42)19-37-29(43)32(34,35)36;1-23-33-34-29(42-23)25-7-8-26(28(32)19-25)21-38(30(39)37-15-17-43(40,41)18-16-37)27-9-5-24(6-10-27)20-35-11-13-36(14-12-35)22-31(2,3)4/h4-9,18H,10-17,19-22H2,1-3H3,(H,37,43);5-10,19H,11-18,20-22H2,1-4H3. The summed E-state index contributed by atoms with van der Waals surface area (Å²) in [5.41, 5.74) is 4.28. The molecule has 1 aromatic heterocycles. The molecule has 4 fully saturated rings. The molecule has 5 heterocycles. The molecule has 1 N–H and O–H groups in total. The summed E-state index contributed by atoms with van der Waals surface area (Å²) in [7, 11) is -6.44. The fourth-order valence-electron chi connectivity index (χ4n) is 11.1. The van der Waals surface area contributed by atoms with Crippen LogP contribution in [-0.4, -0.2) is 208 Å². The first kappa shape index (κ1) is 69.0. The summed E-state index contributed by atoms with van der Waals surface area (Å²) in [5.74, 6) is -4.54. The number of benzene rings is 4. The van der Waals surface area contributed by atoms with Crippen LogP contribution in [0.4, 0.5) is 42.9 Å². The smallest absolute Gasteiger partial charge is 0.421 e. The number of ketones is 1. The number of aromatic nitrogens is 2. The number of halogens is 5. The number of anilines is 2. The van der Waals surface area contributed by atoms with Crippen molar-refractivity contribution in [3.8, 4) is 11.5 Å². The maximum Gasteiger partial charge on any atom is 0.471 e. The number of rotatable bonds is 16. The Morgan fingerprint density at radius 1 is 0.544 bits per heavy atom. The first-order valence-electron chi connectivity index (χ1n) is 30.1. The van der Waals surface area contributed by atoms with Crippen LogP contribution in [0.1, 0.15) is 80.0 Å². The van der Waals surface area contributed by atoms with Crippen LogP contribution in [0.2, 0.25) is 0 Å². The van der Waals surface area contributed by atoms with Crippen LogP contribution >= 0.6 is 0 Å². The normalized spacial score (nSPS) is 17.9. The van der Waals surface area contributed by atoms with Gasteiger partial charge in [0.05, 0.1) is 42.6 Å². The number of nitrogens with zero attached hydrogens (tertiary/aromatic N) is 10. The van der Waals surface area contributed by atoms with Crippen molar-refractivity contribution in [1.82, 2.24) is 44.9 Å².